The Kier molecular flexibility index (Phi) is 5.52. The summed E-state index contributed by atoms with van der Waals surface area (Å²) in [6.45, 7) is 0.00735. The van der Waals surface area contributed by atoms with E-state index in [0.717, 1.165) is 0 Å². The van der Waals surface area contributed by atoms with Gasteiger partial charge in [-0.05, 0) is 13.1 Å². The average molecular weight is 307 g/mol. The van der Waals surface area contributed by atoms with Gasteiger partial charge in [0.15, 0.2) is 0 Å². The fourth-order valence-electron chi connectivity index (χ4n) is 1.25. The summed E-state index contributed by atoms with van der Waals surface area (Å²) in [5.41, 5.74) is 0.269. The van der Waals surface area contributed by atoms with Crippen molar-refractivity contribution < 1.29 is 13.2 Å². The van der Waals surface area contributed by atoms with Gasteiger partial charge in [0.2, 0.25) is 10.0 Å². The summed E-state index contributed by atoms with van der Waals surface area (Å²) in [7, 11) is -0.353. The highest BCUT2D eigenvalue weighted by atomic mass is 35.5. The first-order valence-electron chi connectivity index (χ1n) is 5.42. The smallest absolute Gasteiger partial charge is 0.252 e. The predicted octanol–water partition coefficient (Wildman–Crippen LogP) is 0.0557. The number of rotatable bonds is 6. The van der Waals surface area contributed by atoms with Crippen molar-refractivity contribution >= 4 is 33.3 Å². The number of carbonyl (C=O) groups excluding carboxylic acids is 1. The van der Waals surface area contributed by atoms with Crippen LogP contribution in [-0.2, 0) is 10.0 Å². The number of halogens is 1. The Balaban J connectivity index is 2.62. The molecule has 3 N–H and O–H groups in total. The molecule has 0 aliphatic rings. The number of sulfonamides is 1. The van der Waals surface area contributed by atoms with E-state index in [2.05, 4.69) is 20.3 Å². The van der Waals surface area contributed by atoms with E-state index in [4.69, 9.17) is 11.6 Å². The molecule has 0 bridgehead atoms. The van der Waals surface area contributed by atoms with E-state index < -0.39 is 15.9 Å². The third-order valence-electron chi connectivity index (χ3n) is 2.31. The second-order valence-corrected chi connectivity index (χ2v) is 6.04. The van der Waals surface area contributed by atoms with Crippen LogP contribution >= 0.6 is 11.6 Å². The van der Waals surface area contributed by atoms with Crippen molar-refractivity contribution in [1.82, 2.24) is 15.0 Å². The molecule has 1 aromatic heterocycles. The number of carbonyl (C=O) groups is 1. The summed E-state index contributed by atoms with van der Waals surface area (Å²) in [5, 5.41) is 5.56. The molecular formula is C10H15ClN4O3S. The van der Waals surface area contributed by atoms with Crippen LogP contribution in [-0.4, -0.2) is 45.7 Å². The van der Waals surface area contributed by atoms with Crippen LogP contribution in [0.5, 0.6) is 0 Å². The van der Waals surface area contributed by atoms with Crippen LogP contribution in [0, 0.1) is 0 Å². The molecule has 0 aromatic carbocycles. The van der Waals surface area contributed by atoms with Gasteiger partial charge < -0.3 is 10.6 Å². The molecule has 9 heteroatoms. The zero-order valence-corrected chi connectivity index (χ0v) is 12.1. The van der Waals surface area contributed by atoms with Crippen molar-refractivity contribution in [1.29, 1.82) is 0 Å². The first kappa shape index (κ1) is 15.7. The van der Waals surface area contributed by atoms with E-state index in [1.807, 2.05) is 0 Å². The van der Waals surface area contributed by atoms with Gasteiger partial charge in [0, 0.05) is 19.8 Å². The minimum atomic E-state index is -3.33. The molecule has 106 valence electrons. The standard InChI is InChI=1S/C10H15ClN4O3S/c1-12-9-8(11)5-7(6-15-9)10(16)14-3-4-19(17,18)13-2/h5-6,13H,3-4H2,1-2H3,(H,12,15)(H,14,16). The molecule has 1 rings (SSSR count). The van der Waals surface area contributed by atoms with Crippen LogP contribution in [0.25, 0.3) is 0 Å². The van der Waals surface area contributed by atoms with Gasteiger partial charge in [-0.1, -0.05) is 11.6 Å². The van der Waals surface area contributed by atoms with Gasteiger partial charge in [-0.3, -0.25) is 4.79 Å². The lowest BCUT2D eigenvalue weighted by Gasteiger charge is -2.07. The fraction of sp³-hybridized carbons (Fsp3) is 0.400. The molecule has 0 atom stereocenters. The van der Waals surface area contributed by atoms with Crippen molar-refractivity contribution in [3.05, 3.63) is 22.8 Å². The zero-order valence-electron chi connectivity index (χ0n) is 10.5. The van der Waals surface area contributed by atoms with Gasteiger partial charge in [0.1, 0.15) is 5.82 Å². The monoisotopic (exact) mass is 306 g/mol. The normalized spacial score (nSPS) is 11.1. The molecule has 0 unspecified atom stereocenters. The lowest BCUT2D eigenvalue weighted by molar-refractivity contribution is 0.0956. The SMILES string of the molecule is CNc1ncc(C(=O)NCCS(=O)(=O)NC)cc1Cl. The van der Waals surface area contributed by atoms with Crippen LogP contribution in [0.4, 0.5) is 5.82 Å². The lowest BCUT2D eigenvalue weighted by Crippen LogP contribution is -2.33. The van der Waals surface area contributed by atoms with Crippen LogP contribution in [0.2, 0.25) is 5.02 Å². The number of hydrogen-bond acceptors (Lipinski definition) is 5. The van der Waals surface area contributed by atoms with Crippen LogP contribution in [0.15, 0.2) is 12.3 Å². The summed E-state index contributed by atoms with van der Waals surface area (Å²) < 4.78 is 24.5. The van der Waals surface area contributed by atoms with Gasteiger partial charge in [-0.25, -0.2) is 18.1 Å². The van der Waals surface area contributed by atoms with Crippen LogP contribution < -0.4 is 15.4 Å². The molecule has 0 aliphatic carbocycles. The number of nitrogens with zero attached hydrogens (tertiary/aromatic N) is 1. The van der Waals surface area contributed by atoms with E-state index in [9.17, 15) is 13.2 Å². The molecule has 0 radical (unpaired) electrons. The molecule has 7 nitrogen and oxygen atoms in total. The maximum absolute atomic E-state index is 11.7. The van der Waals surface area contributed by atoms with E-state index >= 15 is 0 Å². The number of anilines is 1. The fourth-order valence-corrected chi connectivity index (χ4v) is 2.08. The largest absolute Gasteiger partial charge is 0.372 e. The summed E-state index contributed by atoms with van der Waals surface area (Å²) in [6.07, 6.45) is 1.36. The van der Waals surface area contributed by atoms with Crippen molar-refractivity contribution in [2.45, 2.75) is 0 Å². The Labute approximate surface area is 116 Å². The molecule has 0 saturated carbocycles. The van der Waals surface area contributed by atoms with Gasteiger partial charge >= 0.3 is 0 Å². The van der Waals surface area contributed by atoms with Crippen molar-refractivity contribution in [2.75, 3.05) is 31.7 Å². The zero-order chi connectivity index (χ0) is 14.5. The molecule has 1 amide bonds. The first-order valence-corrected chi connectivity index (χ1v) is 7.45. The Morgan fingerprint density at radius 3 is 2.63 bits per heavy atom. The average Bonchev–Trinajstić information content (AvgIpc) is 2.38. The number of nitrogens with one attached hydrogen (secondary N) is 3. The first-order chi connectivity index (χ1) is 8.89. The Morgan fingerprint density at radius 1 is 1.42 bits per heavy atom. The number of aromatic nitrogens is 1. The molecule has 19 heavy (non-hydrogen) atoms. The highest BCUT2D eigenvalue weighted by Crippen LogP contribution is 2.19. The molecular weight excluding hydrogens is 292 g/mol. The lowest BCUT2D eigenvalue weighted by atomic mass is 10.2. The molecule has 1 heterocycles. The van der Waals surface area contributed by atoms with Crippen molar-refractivity contribution in [3.63, 3.8) is 0 Å². The van der Waals surface area contributed by atoms with E-state index in [-0.39, 0.29) is 17.9 Å². The maximum atomic E-state index is 11.7. The Hall–Kier alpha value is -1.38. The summed E-state index contributed by atoms with van der Waals surface area (Å²) >= 11 is 5.89. The minimum Gasteiger partial charge on any atom is -0.372 e. The number of hydrogen-bond donors (Lipinski definition) is 3. The third-order valence-corrected chi connectivity index (χ3v) is 3.96. The molecule has 0 spiro atoms. The topological polar surface area (TPSA) is 100 Å². The van der Waals surface area contributed by atoms with E-state index in [0.29, 0.717) is 10.8 Å². The number of pyridine rings is 1. The minimum absolute atomic E-state index is 0.00735. The van der Waals surface area contributed by atoms with Crippen molar-refractivity contribution in [2.24, 2.45) is 0 Å². The van der Waals surface area contributed by atoms with E-state index in [1.54, 1.807) is 7.05 Å². The van der Waals surface area contributed by atoms with Crippen molar-refractivity contribution in [3.8, 4) is 0 Å². The molecule has 0 fully saturated rings. The maximum Gasteiger partial charge on any atom is 0.252 e. The Bertz CT molecular complexity index is 562. The molecule has 0 aliphatic heterocycles. The summed E-state index contributed by atoms with van der Waals surface area (Å²) in [4.78, 5) is 15.7. The summed E-state index contributed by atoms with van der Waals surface area (Å²) in [6, 6.07) is 1.46. The Morgan fingerprint density at radius 2 is 2.11 bits per heavy atom. The van der Waals surface area contributed by atoms with Gasteiger partial charge in [0.25, 0.3) is 5.91 Å². The van der Waals surface area contributed by atoms with E-state index in [1.165, 1.54) is 19.3 Å². The summed E-state index contributed by atoms with van der Waals surface area (Å²) in [5.74, 6) is -0.148. The van der Waals surface area contributed by atoms with Gasteiger partial charge in [-0.15, -0.1) is 0 Å². The second kappa shape index (κ2) is 6.69. The van der Waals surface area contributed by atoms with Gasteiger partial charge in [-0.2, -0.15) is 0 Å². The quantitative estimate of drug-likeness (QED) is 0.690. The predicted molar refractivity (Wildman–Crippen MR) is 74.0 cm³/mol. The van der Waals surface area contributed by atoms with Gasteiger partial charge in [0.05, 0.1) is 16.3 Å². The third kappa shape index (κ3) is 4.66. The molecule has 1 aromatic rings. The second-order valence-electron chi connectivity index (χ2n) is 3.58. The van der Waals surface area contributed by atoms with Crippen LogP contribution in [0.3, 0.4) is 0 Å². The van der Waals surface area contributed by atoms with Crippen LogP contribution in [0.1, 0.15) is 10.4 Å². The highest BCUT2D eigenvalue weighted by molar-refractivity contribution is 7.89. The number of amides is 1. The highest BCUT2D eigenvalue weighted by Gasteiger charge is 2.11. The molecule has 0 saturated heterocycles.